The Balaban J connectivity index is 1.69. The highest BCUT2D eigenvalue weighted by molar-refractivity contribution is 5.85. The SMILES string of the molecule is C/C=C1/CC[C@H]2C3CC[C@H]4C[C@](C)(O)CC[C@]4(C)[C@H]3C(=O)C[C@]12C. The second-order valence-corrected chi connectivity index (χ2v) is 10.1. The Morgan fingerprint density at radius 1 is 1.12 bits per heavy atom. The molecule has 2 nitrogen and oxygen atoms in total. The summed E-state index contributed by atoms with van der Waals surface area (Å²) in [5.41, 5.74) is 1.28. The van der Waals surface area contributed by atoms with E-state index in [1.165, 1.54) is 31.3 Å². The molecule has 0 heterocycles. The minimum Gasteiger partial charge on any atom is -0.390 e. The molecule has 4 aliphatic rings. The van der Waals surface area contributed by atoms with E-state index in [9.17, 15) is 9.90 Å². The Labute approximate surface area is 147 Å². The van der Waals surface area contributed by atoms with Crippen molar-refractivity contribution in [1.29, 1.82) is 0 Å². The van der Waals surface area contributed by atoms with Crippen molar-refractivity contribution in [2.75, 3.05) is 0 Å². The van der Waals surface area contributed by atoms with E-state index in [0.29, 0.717) is 23.5 Å². The number of allylic oxidation sites excluding steroid dienone is 2. The highest BCUT2D eigenvalue weighted by Gasteiger charge is 2.62. The van der Waals surface area contributed by atoms with E-state index in [1.807, 2.05) is 6.92 Å². The van der Waals surface area contributed by atoms with Gasteiger partial charge in [-0.1, -0.05) is 25.5 Å². The van der Waals surface area contributed by atoms with Crippen LogP contribution in [0.2, 0.25) is 0 Å². The number of rotatable bonds is 0. The molecule has 4 rings (SSSR count). The summed E-state index contributed by atoms with van der Waals surface area (Å²) in [6, 6.07) is 0. The topological polar surface area (TPSA) is 37.3 Å². The van der Waals surface area contributed by atoms with Crippen molar-refractivity contribution in [2.45, 2.75) is 84.7 Å². The van der Waals surface area contributed by atoms with Crippen LogP contribution in [0.3, 0.4) is 0 Å². The summed E-state index contributed by atoms with van der Waals surface area (Å²) in [5, 5.41) is 10.6. The largest absolute Gasteiger partial charge is 0.390 e. The molecular weight excluding hydrogens is 296 g/mol. The number of carbonyl (C=O) groups is 1. The van der Waals surface area contributed by atoms with E-state index in [4.69, 9.17) is 0 Å². The molecule has 0 aromatic rings. The Kier molecular flexibility index (Phi) is 3.64. The van der Waals surface area contributed by atoms with Crippen LogP contribution in [0.1, 0.15) is 79.1 Å². The van der Waals surface area contributed by atoms with Gasteiger partial charge in [0.2, 0.25) is 0 Å². The van der Waals surface area contributed by atoms with Crippen molar-refractivity contribution in [3.8, 4) is 0 Å². The normalized spacial score (nSPS) is 55.9. The van der Waals surface area contributed by atoms with Crippen molar-refractivity contribution in [3.63, 3.8) is 0 Å². The highest BCUT2D eigenvalue weighted by Crippen LogP contribution is 2.66. The number of ketones is 1. The zero-order valence-electron chi connectivity index (χ0n) is 15.9. The second-order valence-electron chi connectivity index (χ2n) is 10.1. The molecule has 0 spiro atoms. The van der Waals surface area contributed by atoms with Gasteiger partial charge in [0.1, 0.15) is 5.78 Å². The smallest absolute Gasteiger partial charge is 0.137 e. The summed E-state index contributed by atoms with van der Waals surface area (Å²) in [4.78, 5) is 13.4. The average molecular weight is 331 g/mol. The molecule has 0 amide bonds. The highest BCUT2D eigenvalue weighted by atomic mass is 16.3. The first-order valence-electron chi connectivity index (χ1n) is 10.1. The van der Waals surface area contributed by atoms with E-state index in [1.54, 1.807) is 0 Å². The van der Waals surface area contributed by atoms with Gasteiger partial charge in [0, 0.05) is 12.3 Å². The fourth-order valence-electron chi connectivity index (χ4n) is 7.57. The van der Waals surface area contributed by atoms with Crippen LogP contribution in [0.4, 0.5) is 0 Å². The third-order valence-electron chi connectivity index (χ3n) is 8.84. The fourth-order valence-corrected chi connectivity index (χ4v) is 7.57. The van der Waals surface area contributed by atoms with Crippen molar-refractivity contribution >= 4 is 5.78 Å². The molecular formula is C22H34O2. The number of fused-ring (bicyclic) bond motifs is 5. The molecule has 0 radical (unpaired) electrons. The Hall–Kier alpha value is -0.630. The van der Waals surface area contributed by atoms with E-state index in [0.717, 1.165) is 25.7 Å². The Morgan fingerprint density at radius 3 is 2.58 bits per heavy atom. The van der Waals surface area contributed by atoms with Gasteiger partial charge in [0.25, 0.3) is 0 Å². The number of aliphatic hydroxyl groups is 1. The summed E-state index contributed by atoms with van der Waals surface area (Å²) in [5.74, 6) is 2.60. The standard InChI is InChI=1S/C22H34O2/c1-5-14-7-9-17-16-8-6-15-12-20(2,24)10-11-21(15,3)19(16)18(23)13-22(14,17)4/h5,15-17,19,24H,6-13H2,1-4H3/b14-5-/t15-,16?,17-,19+,20+,21-,22+/m0/s1. The molecule has 0 aromatic carbocycles. The van der Waals surface area contributed by atoms with Gasteiger partial charge >= 0.3 is 0 Å². The zero-order valence-corrected chi connectivity index (χ0v) is 15.9. The van der Waals surface area contributed by atoms with Gasteiger partial charge in [-0.3, -0.25) is 4.79 Å². The second kappa shape index (κ2) is 5.19. The predicted molar refractivity (Wildman–Crippen MR) is 96.5 cm³/mol. The van der Waals surface area contributed by atoms with Crippen LogP contribution in [-0.2, 0) is 4.79 Å². The van der Waals surface area contributed by atoms with Crippen molar-refractivity contribution in [2.24, 2.45) is 34.5 Å². The van der Waals surface area contributed by atoms with Gasteiger partial charge in [-0.15, -0.1) is 0 Å². The van der Waals surface area contributed by atoms with Crippen molar-refractivity contribution in [1.82, 2.24) is 0 Å². The monoisotopic (exact) mass is 330 g/mol. The summed E-state index contributed by atoms with van der Waals surface area (Å²) >= 11 is 0. The molecule has 0 aliphatic heterocycles. The summed E-state index contributed by atoms with van der Waals surface area (Å²) in [6.45, 7) is 8.90. The lowest BCUT2D eigenvalue weighted by molar-refractivity contribution is -0.163. The van der Waals surface area contributed by atoms with Crippen LogP contribution >= 0.6 is 0 Å². The first-order valence-corrected chi connectivity index (χ1v) is 10.1. The molecule has 0 aromatic heterocycles. The van der Waals surface area contributed by atoms with Gasteiger partial charge in [-0.05, 0) is 87.4 Å². The van der Waals surface area contributed by atoms with Gasteiger partial charge in [-0.2, -0.15) is 0 Å². The summed E-state index contributed by atoms with van der Waals surface area (Å²) in [7, 11) is 0. The number of Topliss-reactive ketones (excluding diaryl/α,β-unsaturated/α-hetero) is 1. The number of carbonyl (C=O) groups excluding carboxylic acids is 1. The molecule has 1 N–H and O–H groups in total. The van der Waals surface area contributed by atoms with E-state index in [-0.39, 0.29) is 16.7 Å². The van der Waals surface area contributed by atoms with Crippen LogP contribution in [-0.4, -0.2) is 16.5 Å². The number of hydrogen-bond acceptors (Lipinski definition) is 2. The molecule has 4 saturated carbocycles. The number of hydrogen-bond donors (Lipinski definition) is 1. The molecule has 0 bridgehead atoms. The van der Waals surface area contributed by atoms with E-state index in [2.05, 4.69) is 26.8 Å². The lowest BCUT2D eigenvalue weighted by Crippen LogP contribution is -2.58. The van der Waals surface area contributed by atoms with Gasteiger partial charge in [0.05, 0.1) is 5.60 Å². The van der Waals surface area contributed by atoms with Crippen LogP contribution < -0.4 is 0 Å². The third kappa shape index (κ3) is 2.14. The molecule has 134 valence electrons. The van der Waals surface area contributed by atoms with Gasteiger partial charge in [0.15, 0.2) is 0 Å². The molecule has 1 unspecified atom stereocenters. The van der Waals surface area contributed by atoms with Crippen LogP contribution in [0.5, 0.6) is 0 Å². The van der Waals surface area contributed by atoms with Gasteiger partial charge < -0.3 is 5.11 Å². The molecule has 7 atom stereocenters. The lowest BCUT2D eigenvalue weighted by atomic mass is 9.44. The van der Waals surface area contributed by atoms with Crippen molar-refractivity contribution < 1.29 is 9.90 Å². The van der Waals surface area contributed by atoms with Crippen LogP contribution in [0.15, 0.2) is 11.6 Å². The minimum absolute atomic E-state index is 0.127. The van der Waals surface area contributed by atoms with E-state index >= 15 is 0 Å². The lowest BCUT2D eigenvalue weighted by Gasteiger charge is -2.60. The van der Waals surface area contributed by atoms with E-state index < -0.39 is 5.60 Å². The maximum Gasteiger partial charge on any atom is 0.137 e. The fraction of sp³-hybridized carbons (Fsp3) is 0.864. The van der Waals surface area contributed by atoms with Gasteiger partial charge in [-0.25, -0.2) is 0 Å². The maximum atomic E-state index is 13.4. The molecule has 4 aliphatic carbocycles. The van der Waals surface area contributed by atoms with Crippen molar-refractivity contribution in [3.05, 3.63) is 11.6 Å². The Morgan fingerprint density at radius 2 is 1.88 bits per heavy atom. The molecule has 24 heavy (non-hydrogen) atoms. The quantitative estimate of drug-likeness (QED) is 0.641. The zero-order chi connectivity index (χ0) is 17.3. The maximum absolute atomic E-state index is 13.4. The van der Waals surface area contributed by atoms with Crippen LogP contribution in [0.25, 0.3) is 0 Å². The average Bonchev–Trinajstić information content (AvgIpc) is 2.83. The molecule has 0 saturated heterocycles. The predicted octanol–water partition coefficient (Wildman–Crippen LogP) is 4.91. The third-order valence-corrected chi connectivity index (χ3v) is 8.84. The van der Waals surface area contributed by atoms with Crippen LogP contribution in [0, 0.1) is 34.5 Å². The summed E-state index contributed by atoms with van der Waals surface area (Å²) < 4.78 is 0. The summed E-state index contributed by atoms with van der Waals surface area (Å²) in [6.07, 6.45) is 10.7. The molecule has 4 fully saturated rings. The molecule has 2 heteroatoms. The minimum atomic E-state index is -0.519. The first-order chi connectivity index (χ1) is 11.2. The Bertz CT molecular complexity index is 589. The first kappa shape index (κ1) is 16.8.